The molecular formula is C28H60KO4P. The predicted octanol–water partition coefficient (Wildman–Crippen LogP) is 9.61. The van der Waals surface area contributed by atoms with E-state index in [1.165, 1.54) is 148 Å². The van der Waals surface area contributed by atoms with E-state index >= 15 is 0 Å². The van der Waals surface area contributed by atoms with E-state index in [2.05, 4.69) is 11.4 Å². The van der Waals surface area contributed by atoms with Crippen LogP contribution in [-0.4, -0.2) is 67.8 Å². The topological polar surface area (TPSA) is 66.8 Å². The predicted molar refractivity (Wildman–Crippen MR) is 151 cm³/mol. The van der Waals surface area contributed by atoms with Crippen molar-refractivity contribution in [1.82, 2.24) is 0 Å². The average Bonchev–Trinajstić information content (AvgIpc) is 2.78. The van der Waals surface area contributed by atoms with Crippen LogP contribution in [0.25, 0.3) is 0 Å². The Balaban J connectivity index is 0. The van der Waals surface area contributed by atoms with Crippen molar-refractivity contribution in [2.24, 2.45) is 0 Å². The van der Waals surface area contributed by atoms with Gasteiger partial charge in [0.15, 0.2) is 0 Å². The van der Waals surface area contributed by atoms with Gasteiger partial charge in [-0.2, -0.15) is 0 Å². The molecule has 0 rings (SSSR count). The van der Waals surface area contributed by atoms with Crippen molar-refractivity contribution >= 4 is 59.2 Å². The molecule has 0 aliphatic heterocycles. The maximum absolute atomic E-state index is 10.5. The second-order valence-corrected chi connectivity index (χ2v) is 11.4. The summed E-state index contributed by atoms with van der Waals surface area (Å²) in [4.78, 5) is 17.2. The van der Waals surface area contributed by atoms with Crippen LogP contribution < -0.4 is 0 Å². The third-order valence-corrected chi connectivity index (χ3v) is 7.28. The number of unbranched alkanes of at least 4 members (excludes halogenated alkanes) is 25. The summed E-state index contributed by atoms with van der Waals surface area (Å²) >= 11 is 0. The maximum atomic E-state index is 10.5. The number of rotatable bonds is 28. The summed E-state index contributed by atoms with van der Waals surface area (Å²) in [5.74, 6) is 0. The fraction of sp³-hybridized carbons (Fsp3) is 1.00. The molecule has 0 spiro atoms. The summed E-state index contributed by atoms with van der Waals surface area (Å²) in [5, 5.41) is 0. The van der Waals surface area contributed by atoms with E-state index in [0.29, 0.717) is 0 Å². The SMILES string of the molecule is CCCCCCCCCCCCCCCCCCCCCCCCCCCCOP(=O)(O)O.[KH]. The van der Waals surface area contributed by atoms with Crippen LogP contribution in [0.15, 0.2) is 0 Å². The summed E-state index contributed by atoms with van der Waals surface area (Å²) in [6.07, 6.45) is 35.4. The molecule has 0 fully saturated rings. The molecule has 0 aromatic heterocycles. The molecule has 34 heavy (non-hydrogen) atoms. The van der Waals surface area contributed by atoms with Crippen molar-refractivity contribution in [1.29, 1.82) is 0 Å². The fourth-order valence-electron chi connectivity index (χ4n) is 4.60. The molecule has 0 unspecified atom stereocenters. The normalized spacial score (nSPS) is 11.6. The zero-order chi connectivity index (χ0) is 24.3. The molecule has 0 saturated heterocycles. The second kappa shape index (κ2) is 31.0. The molecule has 0 heterocycles. The Morgan fingerprint density at radius 2 is 0.647 bits per heavy atom. The van der Waals surface area contributed by atoms with Gasteiger partial charge in [-0.25, -0.2) is 4.57 Å². The van der Waals surface area contributed by atoms with Gasteiger partial charge in [0.1, 0.15) is 0 Å². The Morgan fingerprint density at radius 3 is 0.853 bits per heavy atom. The van der Waals surface area contributed by atoms with E-state index in [1.54, 1.807) is 0 Å². The molecule has 202 valence electrons. The monoisotopic (exact) mass is 530 g/mol. The zero-order valence-corrected chi connectivity index (χ0v) is 23.1. The van der Waals surface area contributed by atoms with Crippen molar-refractivity contribution < 1.29 is 18.9 Å². The molecule has 0 aromatic rings. The van der Waals surface area contributed by atoms with Crippen molar-refractivity contribution in [2.75, 3.05) is 6.61 Å². The quantitative estimate of drug-likeness (QED) is 0.0600. The van der Waals surface area contributed by atoms with Gasteiger partial charge in [-0.3, -0.25) is 4.52 Å². The molecule has 6 heteroatoms. The van der Waals surface area contributed by atoms with Gasteiger partial charge in [-0.1, -0.05) is 167 Å². The third-order valence-electron chi connectivity index (χ3n) is 6.76. The molecule has 0 radical (unpaired) electrons. The summed E-state index contributed by atoms with van der Waals surface area (Å²) < 4.78 is 15.0. The van der Waals surface area contributed by atoms with Gasteiger partial charge in [-0.15, -0.1) is 0 Å². The van der Waals surface area contributed by atoms with E-state index in [1.807, 2.05) is 0 Å². The number of phosphoric ester groups is 1. The van der Waals surface area contributed by atoms with Crippen LogP contribution >= 0.6 is 7.82 Å². The second-order valence-electron chi connectivity index (χ2n) is 10.2. The van der Waals surface area contributed by atoms with E-state index < -0.39 is 7.82 Å². The van der Waals surface area contributed by atoms with Crippen LogP contribution in [0.3, 0.4) is 0 Å². The van der Waals surface area contributed by atoms with Crippen molar-refractivity contribution in [3.63, 3.8) is 0 Å². The first-order chi connectivity index (χ1) is 16.1. The van der Waals surface area contributed by atoms with Crippen LogP contribution in [0.4, 0.5) is 0 Å². The molecule has 0 aromatic carbocycles. The van der Waals surface area contributed by atoms with Gasteiger partial charge in [-0.05, 0) is 6.42 Å². The Kier molecular flexibility index (Phi) is 34.5. The first kappa shape index (κ1) is 37.9. The molecule has 0 bridgehead atoms. The van der Waals surface area contributed by atoms with E-state index in [0.717, 1.165) is 19.3 Å². The van der Waals surface area contributed by atoms with Gasteiger partial charge < -0.3 is 9.79 Å². The van der Waals surface area contributed by atoms with E-state index in [4.69, 9.17) is 9.79 Å². The Morgan fingerprint density at radius 1 is 0.441 bits per heavy atom. The van der Waals surface area contributed by atoms with E-state index in [9.17, 15) is 4.57 Å². The minimum atomic E-state index is -4.27. The van der Waals surface area contributed by atoms with Crippen molar-refractivity contribution in [3.8, 4) is 0 Å². The van der Waals surface area contributed by atoms with Crippen LogP contribution in [0.2, 0.25) is 0 Å². The zero-order valence-electron chi connectivity index (χ0n) is 22.3. The Hall–Kier alpha value is 1.75. The summed E-state index contributed by atoms with van der Waals surface area (Å²) in [6.45, 7) is 2.46. The average molecular weight is 531 g/mol. The summed E-state index contributed by atoms with van der Waals surface area (Å²) in [5.41, 5.74) is 0. The van der Waals surface area contributed by atoms with Gasteiger partial charge in [0, 0.05) is 0 Å². The standard InChI is InChI=1S/C28H59O4P.K.H/c1-2-3-4-5-6-7-8-9-10-11-12-13-14-15-16-17-18-19-20-21-22-23-24-25-26-27-28-32-33(29,30)31;;/h2-28H2,1H3,(H2,29,30,31);;. The summed E-state index contributed by atoms with van der Waals surface area (Å²) in [7, 11) is -4.27. The number of hydrogen-bond acceptors (Lipinski definition) is 2. The molecule has 0 aliphatic rings. The van der Waals surface area contributed by atoms with Gasteiger partial charge in [0.25, 0.3) is 0 Å². The first-order valence-electron chi connectivity index (χ1n) is 14.8. The van der Waals surface area contributed by atoms with Crippen molar-refractivity contribution in [3.05, 3.63) is 0 Å². The van der Waals surface area contributed by atoms with Crippen LogP contribution in [-0.2, 0) is 9.09 Å². The first-order valence-corrected chi connectivity index (χ1v) is 16.3. The number of hydrogen-bond donors (Lipinski definition) is 2. The molecule has 0 aliphatic carbocycles. The minimum absolute atomic E-state index is 0. The summed E-state index contributed by atoms with van der Waals surface area (Å²) in [6, 6.07) is 0. The Bertz CT molecular complexity index is 417. The van der Waals surface area contributed by atoms with Crippen LogP contribution in [0, 0.1) is 0 Å². The molecule has 2 N–H and O–H groups in total. The van der Waals surface area contributed by atoms with E-state index in [-0.39, 0.29) is 58.0 Å². The molecule has 4 nitrogen and oxygen atoms in total. The molecule has 0 atom stereocenters. The molecule has 0 amide bonds. The molecule has 0 saturated carbocycles. The van der Waals surface area contributed by atoms with Gasteiger partial charge >= 0.3 is 59.2 Å². The van der Waals surface area contributed by atoms with Crippen molar-refractivity contribution in [2.45, 2.75) is 174 Å². The van der Waals surface area contributed by atoms with Crippen LogP contribution in [0.1, 0.15) is 174 Å². The fourth-order valence-corrected chi connectivity index (χ4v) is 4.97. The third kappa shape index (κ3) is 35.9. The van der Waals surface area contributed by atoms with Crippen LogP contribution in [0.5, 0.6) is 0 Å². The van der Waals surface area contributed by atoms with Gasteiger partial charge in [0.05, 0.1) is 6.61 Å². The number of phosphoric acid groups is 1. The van der Waals surface area contributed by atoms with Gasteiger partial charge in [0.2, 0.25) is 0 Å². The Labute approximate surface area is 256 Å². The molecular weight excluding hydrogens is 470 g/mol.